The predicted octanol–water partition coefficient (Wildman–Crippen LogP) is 3.58. The van der Waals surface area contributed by atoms with E-state index in [0.717, 1.165) is 54.7 Å². The number of nitrogens with zero attached hydrogens (tertiary/aromatic N) is 3. The van der Waals surface area contributed by atoms with Gasteiger partial charge in [0.1, 0.15) is 11.6 Å². The minimum absolute atomic E-state index is 0.00569. The van der Waals surface area contributed by atoms with Gasteiger partial charge >= 0.3 is 0 Å². The molecule has 5 rings (SSSR count). The van der Waals surface area contributed by atoms with Crippen LogP contribution in [0, 0.1) is 5.92 Å². The van der Waals surface area contributed by atoms with Crippen molar-refractivity contribution in [3.63, 3.8) is 0 Å². The van der Waals surface area contributed by atoms with Crippen LogP contribution in [0.5, 0.6) is 0 Å². The summed E-state index contributed by atoms with van der Waals surface area (Å²) >= 11 is 0. The molecule has 2 aromatic heterocycles. The normalized spacial score (nSPS) is 20.3. The molecule has 9 heteroatoms. The Balaban J connectivity index is 1.26. The summed E-state index contributed by atoms with van der Waals surface area (Å²) in [6.07, 6.45) is 5.90. The maximum Gasteiger partial charge on any atom is 0.243 e. The molecule has 1 N–H and O–H groups in total. The molecule has 2 atom stereocenters. The molecule has 0 radical (unpaired) electrons. The van der Waals surface area contributed by atoms with Crippen molar-refractivity contribution in [3.8, 4) is 0 Å². The zero-order valence-electron chi connectivity index (χ0n) is 20.0. The van der Waals surface area contributed by atoms with E-state index >= 15 is 0 Å². The molecule has 2 aliphatic heterocycles. The van der Waals surface area contributed by atoms with E-state index in [2.05, 4.69) is 10.2 Å². The number of furan rings is 1. The van der Waals surface area contributed by atoms with Gasteiger partial charge in [-0.2, -0.15) is 4.31 Å². The predicted molar refractivity (Wildman–Crippen MR) is 135 cm³/mol. The van der Waals surface area contributed by atoms with E-state index in [-0.39, 0.29) is 17.9 Å². The van der Waals surface area contributed by atoms with Crippen LogP contribution >= 0.6 is 0 Å². The Morgan fingerprint density at radius 2 is 1.97 bits per heavy atom. The fourth-order valence-electron chi connectivity index (χ4n) is 5.05. The Bertz CT molecular complexity index is 1290. The Labute approximate surface area is 206 Å². The van der Waals surface area contributed by atoms with Crippen molar-refractivity contribution in [2.75, 3.05) is 31.1 Å². The van der Waals surface area contributed by atoms with Crippen LogP contribution in [0.2, 0.25) is 0 Å². The molecule has 8 nitrogen and oxygen atoms in total. The number of sulfonamides is 1. The summed E-state index contributed by atoms with van der Waals surface area (Å²) in [5, 5.41) is 3.92. The van der Waals surface area contributed by atoms with Gasteiger partial charge in [-0.3, -0.25) is 4.79 Å². The van der Waals surface area contributed by atoms with Gasteiger partial charge in [-0.05, 0) is 75.1 Å². The number of pyridine rings is 1. The van der Waals surface area contributed by atoms with Gasteiger partial charge in [-0.15, -0.1) is 0 Å². The minimum atomic E-state index is -3.46. The number of benzene rings is 1. The molecule has 0 unspecified atom stereocenters. The minimum Gasteiger partial charge on any atom is -0.469 e. The second kappa shape index (κ2) is 9.99. The molecule has 35 heavy (non-hydrogen) atoms. The summed E-state index contributed by atoms with van der Waals surface area (Å²) in [5.74, 6) is 1.63. The molecule has 1 amide bonds. The number of fused-ring (bicyclic) bond motifs is 1. The average Bonchev–Trinajstić information content (AvgIpc) is 3.58. The SMILES string of the molecule is C[C@@H](Cc1ccco1)NC(=O)[C@H]1CCCN(c2ccc3cc(S(=O)(=O)N4CCCC4)ccc3n2)C1. The van der Waals surface area contributed by atoms with Crippen molar-refractivity contribution < 1.29 is 17.6 Å². The molecule has 1 aromatic carbocycles. The van der Waals surface area contributed by atoms with Gasteiger partial charge in [0.15, 0.2) is 0 Å². The Morgan fingerprint density at radius 3 is 2.74 bits per heavy atom. The quantitative estimate of drug-likeness (QED) is 0.537. The highest BCUT2D eigenvalue weighted by Gasteiger charge is 2.29. The first-order valence-electron chi connectivity index (χ1n) is 12.4. The van der Waals surface area contributed by atoms with Crippen LogP contribution in [-0.4, -0.2) is 55.8 Å². The van der Waals surface area contributed by atoms with Crippen molar-refractivity contribution in [1.82, 2.24) is 14.6 Å². The van der Waals surface area contributed by atoms with Crippen molar-refractivity contribution in [3.05, 3.63) is 54.5 Å². The van der Waals surface area contributed by atoms with Gasteiger partial charge in [-0.1, -0.05) is 0 Å². The van der Waals surface area contributed by atoms with Crippen molar-refractivity contribution in [2.45, 2.75) is 50.0 Å². The maximum atomic E-state index is 12.9. The molecule has 0 saturated carbocycles. The summed E-state index contributed by atoms with van der Waals surface area (Å²) in [6.45, 7) is 4.61. The molecule has 4 heterocycles. The second-order valence-electron chi connectivity index (χ2n) is 9.61. The van der Waals surface area contributed by atoms with Crippen molar-refractivity contribution in [2.24, 2.45) is 5.92 Å². The van der Waals surface area contributed by atoms with Gasteiger partial charge in [0, 0.05) is 44.0 Å². The number of carbonyl (C=O) groups is 1. The third kappa shape index (κ3) is 5.21. The lowest BCUT2D eigenvalue weighted by Gasteiger charge is -2.33. The van der Waals surface area contributed by atoms with Crippen molar-refractivity contribution in [1.29, 1.82) is 0 Å². The van der Waals surface area contributed by atoms with E-state index < -0.39 is 10.0 Å². The first kappa shape index (κ1) is 23.8. The van der Waals surface area contributed by atoms with Gasteiger partial charge in [-0.25, -0.2) is 13.4 Å². The first-order valence-corrected chi connectivity index (χ1v) is 13.8. The second-order valence-corrected chi connectivity index (χ2v) is 11.6. The van der Waals surface area contributed by atoms with E-state index in [4.69, 9.17) is 9.40 Å². The van der Waals surface area contributed by atoms with E-state index in [1.54, 1.807) is 28.8 Å². The number of carbonyl (C=O) groups excluding carboxylic acids is 1. The molecule has 0 spiro atoms. The topological polar surface area (TPSA) is 95.8 Å². The van der Waals surface area contributed by atoms with Crippen LogP contribution in [0.25, 0.3) is 10.9 Å². The summed E-state index contributed by atoms with van der Waals surface area (Å²) in [4.78, 5) is 20.2. The summed E-state index contributed by atoms with van der Waals surface area (Å²) < 4.78 is 32.8. The molecule has 2 aliphatic rings. The number of aromatic nitrogens is 1. The highest BCUT2D eigenvalue weighted by Crippen LogP contribution is 2.27. The highest BCUT2D eigenvalue weighted by atomic mass is 32.2. The molecular formula is C26H32N4O4S. The van der Waals surface area contributed by atoms with Crippen LogP contribution in [-0.2, 0) is 21.2 Å². The number of rotatable bonds is 7. The third-order valence-corrected chi connectivity index (χ3v) is 8.84. The maximum absolute atomic E-state index is 12.9. The van der Waals surface area contributed by atoms with Gasteiger partial charge in [0.25, 0.3) is 0 Å². The third-order valence-electron chi connectivity index (χ3n) is 6.94. The van der Waals surface area contributed by atoms with E-state index in [1.807, 2.05) is 31.2 Å². The lowest BCUT2D eigenvalue weighted by atomic mass is 9.96. The number of amides is 1. The van der Waals surface area contributed by atoms with E-state index in [9.17, 15) is 13.2 Å². The van der Waals surface area contributed by atoms with E-state index in [0.29, 0.717) is 31.0 Å². The van der Waals surface area contributed by atoms with Crippen LogP contribution < -0.4 is 10.2 Å². The van der Waals surface area contributed by atoms with Crippen LogP contribution in [0.1, 0.15) is 38.4 Å². The number of nitrogens with one attached hydrogen (secondary N) is 1. The van der Waals surface area contributed by atoms with Gasteiger partial charge in [0.2, 0.25) is 15.9 Å². The Kier molecular flexibility index (Phi) is 6.80. The number of hydrogen-bond donors (Lipinski definition) is 1. The Hall–Kier alpha value is -2.91. The van der Waals surface area contributed by atoms with Crippen LogP contribution in [0.4, 0.5) is 5.82 Å². The summed E-state index contributed by atoms with van der Waals surface area (Å²) in [6, 6.07) is 12.8. The molecule has 186 valence electrons. The lowest BCUT2D eigenvalue weighted by molar-refractivity contribution is -0.125. The average molecular weight is 497 g/mol. The zero-order valence-corrected chi connectivity index (χ0v) is 20.8. The Morgan fingerprint density at radius 1 is 1.14 bits per heavy atom. The largest absolute Gasteiger partial charge is 0.469 e. The first-order chi connectivity index (χ1) is 16.9. The molecule has 3 aromatic rings. The van der Waals surface area contributed by atoms with Crippen LogP contribution in [0.3, 0.4) is 0 Å². The monoisotopic (exact) mass is 496 g/mol. The van der Waals surface area contributed by atoms with Gasteiger partial charge < -0.3 is 14.6 Å². The standard InChI is InChI=1S/C26H32N4O4S/c1-19(16-22-7-5-15-34-22)27-26(31)21-6-4-12-29(18-21)25-11-8-20-17-23(9-10-24(20)28-25)35(32,33)30-13-2-3-14-30/h5,7-11,15,17,19,21H,2-4,6,12-14,16,18H2,1H3,(H,27,31)/t19-,21-/m0/s1. The molecule has 0 aliphatic carbocycles. The molecular weight excluding hydrogens is 464 g/mol. The molecule has 2 fully saturated rings. The zero-order chi connectivity index (χ0) is 24.4. The van der Waals surface area contributed by atoms with E-state index in [1.165, 1.54) is 0 Å². The van der Waals surface area contributed by atoms with Gasteiger partial charge in [0.05, 0.1) is 22.6 Å². The number of piperidine rings is 1. The molecule has 2 saturated heterocycles. The summed E-state index contributed by atoms with van der Waals surface area (Å²) in [7, 11) is -3.46. The highest BCUT2D eigenvalue weighted by molar-refractivity contribution is 7.89. The van der Waals surface area contributed by atoms with Crippen molar-refractivity contribution >= 4 is 32.7 Å². The fourth-order valence-corrected chi connectivity index (χ4v) is 6.60. The summed E-state index contributed by atoms with van der Waals surface area (Å²) in [5.41, 5.74) is 0.751. The smallest absolute Gasteiger partial charge is 0.243 e. The number of hydrogen-bond acceptors (Lipinski definition) is 6. The van der Waals surface area contributed by atoms with Crippen LogP contribution in [0.15, 0.2) is 58.0 Å². The lowest BCUT2D eigenvalue weighted by Crippen LogP contribution is -2.46. The fraction of sp³-hybridized carbons (Fsp3) is 0.462. The number of anilines is 1. The molecule has 0 bridgehead atoms.